The SMILES string of the molecule is CCNC(=O)C1=NNC(c2cc(C(C)C)c(O)cc2O)N1c1ccc(CN2CCNCC2)cc1. The van der Waals surface area contributed by atoms with Gasteiger partial charge in [0, 0.05) is 56.6 Å². The van der Waals surface area contributed by atoms with Crippen LogP contribution in [0.2, 0.25) is 0 Å². The summed E-state index contributed by atoms with van der Waals surface area (Å²) in [5, 5.41) is 31.5. The number of piperazine rings is 1. The third kappa shape index (κ3) is 4.95. The summed E-state index contributed by atoms with van der Waals surface area (Å²) in [5.74, 6) is -0.0396. The van der Waals surface area contributed by atoms with E-state index in [0.29, 0.717) is 17.7 Å². The molecule has 1 amide bonds. The summed E-state index contributed by atoms with van der Waals surface area (Å²) in [6, 6.07) is 11.2. The Kier molecular flexibility index (Phi) is 7.23. The number of benzene rings is 2. The Hall–Kier alpha value is -3.30. The van der Waals surface area contributed by atoms with E-state index in [-0.39, 0.29) is 29.2 Å². The van der Waals surface area contributed by atoms with Gasteiger partial charge >= 0.3 is 0 Å². The molecule has 0 saturated carbocycles. The quantitative estimate of drug-likeness (QED) is 0.425. The first kappa shape index (κ1) is 23.8. The van der Waals surface area contributed by atoms with Crippen molar-refractivity contribution in [2.45, 2.75) is 39.4 Å². The van der Waals surface area contributed by atoms with Gasteiger partial charge in [-0.2, -0.15) is 5.10 Å². The molecule has 0 bridgehead atoms. The van der Waals surface area contributed by atoms with Crippen LogP contribution in [-0.2, 0) is 11.3 Å². The molecular formula is C25H34N6O3. The normalized spacial score (nSPS) is 18.6. The molecule has 2 aliphatic heterocycles. The van der Waals surface area contributed by atoms with Gasteiger partial charge in [0.2, 0.25) is 5.84 Å². The van der Waals surface area contributed by atoms with Crippen molar-refractivity contribution >= 4 is 17.4 Å². The number of rotatable bonds is 7. The van der Waals surface area contributed by atoms with Crippen molar-refractivity contribution in [3.63, 3.8) is 0 Å². The van der Waals surface area contributed by atoms with Crippen LogP contribution in [0.15, 0.2) is 41.5 Å². The molecule has 2 aliphatic rings. The van der Waals surface area contributed by atoms with E-state index in [2.05, 4.69) is 38.2 Å². The molecular weight excluding hydrogens is 432 g/mol. The Morgan fingerprint density at radius 1 is 1.15 bits per heavy atom. The van der Waals surface area contributed by atoms with Crippen molar-refractivity contribution in [2.24, 2.45) is 5.10 Å². The van der Waals surface area contributed by atoms with Crippen molar-refractivity contribution < 1.29 is 15.0 Å². The van der Waals surface area contributed by atoms with E-state index in [1.54, 1.807) is 11.0 Å². The van der Waals surface area contributed by atoms with Crippen LogP contribution >= 0.6 is 0 Å². The van der Waals surface area contributed by atoms with Gasteiger partial charge in [-0.25, -0.2) is 0 Å². The summed E-state index contributed by atoms with van der Waals surface area (Å²) in [6.45, 7) is 11.2. The number of phenolic OH excluding ortho intramolecular Hbond substituents is 2. The highest BCUT2D eigenvalue weighted by Crippen LogP contribution is 2.39. The molecule has 0 aromatic heterocycles. The van der Waals surface area contributed by atoms with E-state index in [4.69, 9.17) is 0 Å². The number of hydrogen-bond donors (Lipinski definition) is 5. The molecule has 1 fully saturated rings. The van der Waals surface area contributed by atoms with Gasteiger partial charge in [-0.1, -0.05) is 26.0 Å². The minimum absolute atomic E-state index is 0.0444. The summed E-state index contributed by atoms with van der Waals surface area (Å²) >= 11 is 0. The van der Waals surface area contributed by atoms with Crippen molar-refractivity contribution in [3.05, 3.63) is 53.1 Å². The molecule has 9 nitrogen and oxygen atoms in total. The number of nitrogens with zero attached hydrogens (tertiary/aromatic N) is 3. The average molecular weight is 467 g/mol. The van der Waals surface area contributed by atoms with E-state index >= 15 is 0 Å². The number of hydrogen-bond acceptors (Lipinski definition) is 8. The topological polar surface area (TPSA) is 112 Å². The number of hydrazone groups is 1. The summed E-state index contributed by atoms with van der Waals surface area (Å²) in [5.41, 5.74) is 6.24. The lowest BCUT2D eigenvalue weighted by atomic mass is 9.97. The van der Waals surface area contributed by atoms with Crippen LogP contribution in [0, 0.1) is 0 Å². The van der Waals surface area contributed by atoms with Crippen molar-refractivity contribution in [1.82, 2.24) is 21.0 Å². The number of aromatic hydroxyl groups is 2. The number of amides is 1. The highest BCUT2D eigenvalue weighted by molar-refractivity contribution is 6.43. The third-order valence-electron chi connectivity index (χ3n) is 6.24. The lowest BCUT2D eigenvalue weighted by Gasteiger charge is -2.29. The first-order chi connectivity index (χ1) is 16.4. The maximum atomic E-state index is 12.8. The maximum Gasteiger partial charge on any atom is 0.289 e. The summed E-state index contributed by atoms with van der Waals surface area (Å²) < 4.78 is 0. The standard InChI is InChI=1S/C25H34N6O3/c1-4-27-25(34)24-29-28-23(20-13-19(16(2)3)21(32)14-22(20)33)31(24)18-7-5-17(6-8-18)15-30-11-9-26-10-12-30/h5-8,13-14,16,23,26,28,32-33H,4,9-12,15H2,1-3H3,(H,27,34). The number of carbonyl (C=O) groups excluding carboxylic acids is 1. The van der Waals surface area contributed by atoms with Gasteiger partial charge < -0.3 is 20.8 Å². The van der Waals surface area contributed by atoms with Gasteiger partial charge in [0.1, 0.15) is 11.5 Å². The molecule has 2 aromatic carbocycles. The lowest BCUT2D eigenvalue weighted by Crippen LogP contribution is -2.43. The average Bonchev–Trinajstić information content (AvgIpc) is 3.25. The first-order valence-electron chi connectivity index (χ1n) is 11.9. The Morgan fingerprint density at radius 3 is 2.50 bits per heavy atom. The number of anilines is 1. The molecule has 2 aromatic rings. The second kappa shape index (κ2) is 10.3. The highest BCUT2D eigenvalue weighted by Gasteiger charge is 2.36. The summed E-state index contributed by atoms with van der Waals surface area (Å²) in [7, 11) is 0. The zero-order chi connectivity index (χ0) is 24.2. The Labute approximate surface area is 200 Å². The minimum atomic E-state index is -0.602. The fourth-order valence-corrected chi connectivity index (χ4v) is 4.42. The molecule has 0 spiro atoms. The van der Waals surface area contributed by atoms with Crippen LogP contribution in [-0.4, -0.2) is 59.6 Å². The smallest absolute Gasteiger partial charge is 0.289 e. The first-order valence-corrected chi connectivity index (χ1v) is 11.9. The predicted octanol–water partition coefficient (Wildman–Crippen LogP) is 2.18. The molecule has 9 heteroatoms. The van der Waals surface area contributed by atoms with Crippen LogP contribution in [0.1, 0.15) is 49.5 Å². The Balaban J connectivity index is 1.66. The van der Waals surface area contributed by atoms with Crippen LogP contribution in [0.4, 0.5) is 5.69 Å². The molecule has 1 unspecified atom stereocenters. The van der Waals surface area contributed by atoms with E-state index < -0.39 is 6.17 Å². The van der Waals surface area contributed by atoms with Crippen LogP contribution in [0.3, 0.4) is 0 Å². The van der Waals surface area contributed by atoms with Gasteiger partial charge in [0.25, 0.3) is 5.91 Å². The zero-order valence-electron chi connectivity index (χ0n) is 20.0. The van der Waals surface area contributed by atoms with Gasteiger partial charge in [0.05, 0.1) is 0 Å². The van der Waals surface area contributed by atoms with E-state index in [9.17, 15) is 15.0 Å². The van der Waals surface area contributed by atoms with Crippen molar-refractivity contribution in [2.75, 3.05) is 37.6 Å². The maximum absolute atomic E-state index is 12.8. The third-order valence-corrected chi connectivity index (χ3v) is 6.24. The van der Waals surface area contributed by atoms with Crippen molar-refractivity contribution in [1.29, 1.82) is 0 Å². The number of nitrogens with one attached hydrogen (secondary N) is 3. The van der Waals surface area contributed by atoms with E-state index in [0.717, 1.165) is 38.4 Å². The summed E-state index contributed by atoms with van der Waals surface area (Å²) in [6.07, 6.45) is -0.602. The Bertz CT molecular complexity index is 1050. The molecule has 0 aliphatic carbocycles. The highest BCUT2D eigenvalue weighted by atomic mass is 16.3. The predicted molar refractivity (Wildman–Crippen MR) is 133 cm³/mol. The zero-order valence-corrected chi connectivity index (χ0v) is 20.0. The van der Waals surface area contributed by atoms with Crippen LogP contribution in [0.5, 0.6) is 11.5 Å². The molecule has 2 heterocycles. The van der Waals surface area contributed by atoms with Crippen LogP contribution < -0.4 is 21.0 Å². The van der Waals surface area contributed by atoms with Gasteiger partial charge in [-0.15, -0.1) is 0 Å². The second-order valence-corrected chi connectivity index (χ2v) is 9.01. The molecule has 4 rings (SSSR count). The van der Waals surface area contributed by atoms with E-state index in [1.165, 1.54) is 11.6 Å². The van der Waals surface area contributed by atoms with Gasteiger partial charge in [-0.3, -0.25) is 20.0 Å². The van der Waals surface area contributed by atoms with Crippen molar-refractivity contribution in [3.8, 4) is 11.5 Å². The van der Waals surface area contributed by atoms with Crippen LogP contribution in [0.25, 0.3) is 0 Å². The number of amidine groups is 1. The minimum Gasteiger partial charge on any atom is -0.508 e. The molecule has 5 N–H and O–H groups in total. The fraction of sp³-hybridized carbons (Fsp3) is 0.440. The number of carbonyl (C=O) groups is 1. The van der Waals surface area contributed by atoms with Gasteiger partial charge in [0.15, 0.2) is 6.17 Å². The monoisotopic (exact) mass is 466 g/mol. The van der Waals surface area contributed by atoms with E-state index in [1.807, 2.05) is 32.9 Å². The number of likely N-dealkylation sites (N-methyl/N-ethyl adjacent to an activating group) is 1. The molecule has 1 atom stereocenters. The number of phenols is 2. The largest absolute Gasteiger partial charge is 0.508 e. The molecule has 0 radical (unpaired) electrons. The molecule has 34 heavy (non-hydrogen) atoms. The van der Waals surface area contributed by atoms with Gasteiger partial charge in [-0.05, 0) is 42.2 Å². The Morgan fingerprint density at radius 2 is 1.85 bits per heavy atom. The molecule has 1 saturated heterocycles. The fourth-order valence-electron chi connectivity index (χ4n) is 4.42. The molecule has 182 valence electrons. The summed E-state index contributed by atoms with van der Waals surface area (Å²) in [4.78, 5) is 17.0. The second-order valence-electron chi connectivity index (χ2n) is 9.01. The lowest BCUT2D eigenvalue weighted by molar-refractivity contribution is -0.114.